The molecule has 1 spiro atoms. The van der Waals surface area contributed by atoms with Gasteiger partial charge in [-0.2, -0.15) is 0 Å². The Balaban J connectivity index is 1.66. The largest absolute Gasteiger partial charge is 0.338 e. The second kappa shape index (κ2) is 5.05. The van der Waals surface area contributed by atoms with E-state index in [4.69, 9.17) is 0 Å². The molecule has 3 aliphatic rings. The first-order valence-corrected chi connectivity index (χ1v) is 7.26. The lowest BCUT2D eigenvalue weighted by molar-refractivity contribution is -0.133. The van der Waals surface area contributed by atoms with Crippen LogP contribution in [0.2, 0.25) is 0 Å². The number of carbonyl (C=O) groups excluding carboxylic acids is 3. The predicted molar refractivity (Wildman–Crippen MR) is 70.9 cm³/mol. The highest BCUT2D eigenvalue weighted by molar-refractivity contribution is 6.07. The average molecular weight is 280 g/mol. The maximum atomic E-state index is 12.5. The molecule has 0 aromatic rings. The molecule has 0 aliphatic carbocycles. The highest BCUT2D eigenvalue weighted by atomic mass is 16.2. The van der Waals surface area contributed by atoms with Crippen molar-refractivity contribution in [3.8, 4) is 0 Å². The zero-order valence-electron chi connectivity index (χ0n) is 11.4. The Hall–Kier alpha value is -1.63. The van der Waals surface area contributed by atoms with Crippen LogP contribution in [-0.2, 0) is 9.59 Å². The van der Waals surface area contributed by atoms with E-state index in [9.17, 15) is 14.4 Å². The van der Waals surface area contributed by atoms with Gasteiger partial charge in [0.1, 0.15) is 5.54 Å². The highest BCUT2D eigenvalue weighted by Crippen LogP contribution is 2.25. The average Bonchev–Trinajstić information content (AvgIpc) is 2.82. The van der Waals surface area contributed by atoms with E-state index in [1.165, 1.54) is 0 Å². The fourth-order valence-corrected chi connectivity index (χ4v) is 3.27. The molecule has 7 heteroatoms. The summed E-state index contributed by atoms with van der Waals surface area (Å²) in [4.78, 5) is 37.3. The van der Waals surface area contributed by atoms with Crippen LogP contribution < -0.4 is 16.0 Å². The molecule has 0 radical (unpaired) electrons. The van der Waals surface area contributed by atoms with Crippen LogP contribution in [0.15, 0.2) is 0 Å². The van der Waals surface area contributed by atoms with E-state index in [-0.39, 0.29) is 24.4 Å². The molecular formula is C13H20N4O3. The van der Waals surface area contributed by atoms with Gasteiger partial charge in [-0.1, -0.05) is 12.8 Å². The Kier molecular flexibility index (Phi) is 3.37. The number of nitrogens with zero attached hydrogens (tertiary/aromatic N) is 1. The van der Waals surface area contributed by atoms with E-state index in [2.05, 4.69) is 16.0 Å². The van der Waals surface area contributed by atoms with Gasteiger partial charge >= 0.3 is 6.03 Å². The Morgan fingerprint density at radius 1 is 1.25 bits per heavy atom. The van der Waals surface area contributed by atoms with Crippen molar-refractivity contribution in [3.05, 3.63) is 0 Å². The Labute approximate surface area is 117 Å². The lowest BCUT2D eigenvalue weighted by atomic mass is 9.99. The van der Waals surface area contributed by atoms with Crippen LogP contribution in [0.3, 0.4) is 0 Å². The molecular weight excluding hydrogens is 260 g/mol. The van der Waals surface area contributed by atoms with Crippen molar-refractivity contribution in [1.29, 1.82) is 0 Å². The molecule has 3 aliphatic heterocycles. The molecule has 3 saturated heterocycles. The number of carbonyl (C=O) groups is 3. The Morgan fingerprint density at radius 3 is 2.85 bits per heavy atom. The first-order chi connectivity index (χ1) is 9.61. The van der Waals surface area contributed by atoms with Gasteiger partial charge in [0.15, 0.2) is 0 Å². The Bertz CT molecular complexity index is 445. The minimum Gasteiger partial charge on any atom is -0.338 e. The highest BCUT2D eigenvalue weighted by Gasteiger charge is 2.52. The molecule has 110 valence electrons. The molecule has 0 saturated carbocycles. The van der Waals surface area contributed by atoms with E-state index < -0.39 is 11.6 Å². The first-order valence-electron chi connectivity index (χ1n) is 7.26. The zero-order valence-corrected chi connectivity index (χ0v) is 11.4. The number of hydrogen-bond donors (Lipinski definition) is 3. The number of likely N-dealkylation sites (tertiary alicyclic amines) is 1. The molecule has 3 fully saturated rings. The third kappa shape index (κ3) is 2.26. The van der Waals surface area contributed by atoms with Crippen LogP contribution >= 0.6 is 0 Å². The number of hydrogen-bond acceptors (Lipinski definition) is 4. The summed E-state index contributed by atoms with van der Waals surface area (Å²) in [5.41, 5.74) is -0.905. The number of nitrogens with one attached hydrogen (secondary N) is 3. The van der Waals surface area contributed by atoms with Crippen LogP contribution in [0.25, 0.3) is 0 Å². The second-order valence-corrected chi connectivity index (χ2v) is 5.86. The molecule has 0 aromatic carbocycles. The van der Waals surface area contributed by atoms with Gasteiger partial charge in [-0.05, 0) is 25.8 Å². The van der Waals surface area contributed by atoms with Crippen LogP contribution in [-0.4, -0.2) is 54.0 Å². The van der Waals surface area contributed by atoms with Crippen molar-refractivity contribution in [2.24, 2.45) is 0 Å². The zero-order chi connectivity index (χ0) is 14.2. The lowest BCUT2D eigenvalue weighted by Gasteiger charge is -2.25. The topological polar surface area (TPSA) is 90.5 Å². The number of imide groups is 1. The van der Waals surface area contributed by atoms with Crippen molar-refractivity contribution in [2.45, 2.75) is 43.7 Å². The van der Waals surface area contributed by atoms with Gasteiger partial charge in [0.05, 0.1) is 12.6 Å². The molecule has 2 unspecified atom stereocenters. The quantitative estimate of drug-likeness (QED) is 0.556. The van der Waals surface area contributed by atoms with Crippen LogP contribution in [0.4, 0.5) is 4.79 Å². The van der Waals surface area contributed by atoms with Gasteiger partial charge < -0.3 is 15.5 Å². The molecule has 20 heavy (non-hydrogen) atoms. The maximum Gasteiger partial charge on any atom is 0.322 e. The van der Waals surface area contributed by atoms with E-state index in [1.807, 2.05) is 0 Å². The molecule has 4 amide bonds. The number of rotatable bonds is 1. The summed E-state index contributed by atoms with van der Waals surface area (Å²) in [7, 11) is 0. The molecule has 2 atom stereocenters. The van der Waals surface area contributed by atoms with Gasteiger partial charge in [0.25, 0.3) is 5.91 Å². The first kappa shape index (κ1) is 13.4. The van der Waals surface area contributed by atoms with Gasteiger partial charge in [0.2, 0.25) is 5.91 Å². The van der Waals surface area contributed by atoms with E-state index in [0.717, 1.165) is 32.2 Å². The lowest BCUT2D eigenvalue weighted by Crippen LogP contribution is -2.52. The molecule has 7 nitrogen and oxygen atoms in total. The fraction of sp³-hybridized carbons (Fsp3) is 0.769. The smallest absolute Gasteiger partial charge is 0.322 e. The third-order valence-corrected chi connectivity index (χ3v) is 4.45. The molecule has 0 aromatic heterocycles. The summed E-state index contributed by atoms with van der Waals surface area (Å²) in [5.74, 6) is -0.260. The fourth-order valence-electron chi connectivity index (χ4n) is 3.27. The molecule has 3 rings (SSSR count). The van der Waals surface area contributed by atoms with Crippen molar-refractivity contribution in [3.63, 3.8) is 0 Å². The molecule has 3 N–H and O–H groups in total. The normalized spacial score (nSPS) is 34.0. The van der Waals surface area contributed by atoms with Crippen molar-refractivity contribution in [2.75, 3.05) is 19.6 Å². The van der Waals surface area contributed by atoms with Crippen molar-refractivity contribution in [1.82, 2.24) is 20.9 Å². The van der Waals surface area contributed by atoms with Crippen LogP contribution in [0.5, 0.6) is 0 Å². The molecule has 0 bridgehead atoms. The van der Waals surface area contributed by atoms with E-state index >= 15 is 0 Å². The van der Waals surface area contributed by atoms with Crippen LogP contribution in [0, 0.1) is 0 Å². The third-order valence-electron chi connectivity index (χ3n) is 4.45. The van der Waals surface area contributed by atoms with E-state index in [0.29, 0.717) is 13.0 Å². The number of urea groups is 1. The SMILES string of the molecule is O=C1NC(=O)C2(CCN(C(=O)C3CCCCCN3)C2)N1. The summed E-state index contributed by atoms with van der Waals surface area (Å²) in [6.07, 6.45) is 4.65. The van der Waals surface area contributed by atoms with Gasteiger partial charge in [-0.15, -0.1) is 0 Å². The Morgan fingerprint density at radius 2 is 2.10 bits per heavy atom. The van der Waals surface area contributed by atoms with Crippen LogP contribution in [0.1, 0.15) is 32.1 Å². The summed E-state index contributed by atoms with van der Waals surface area (Å²) in [6, 6.07) is -0.607. The standard InChI is InChI=1S/C13H20N4O3/c18-10(9-4-2-1-3-6-14-9)17-7-5-13(8-17)11(19)15-12(20)16-13/h9,14H,1-8H2,(H2,15,16,19,20). The summed E-state index contributed by atoms with van der Waals surface area (Å²) >= 11 is 0. The predicted octanol–water partition coefficient (Wildman–Crippen LogP) is -0.671. The summed E-state index contributed by atoms with van der Waals surface area (Å²) in [5, 5.41) is 8.20. The summed E-state index contributed by atoms with van der Waals surface area (Å²) < 4.78 is 0. The van der Waals surface area contributed by atoms with Gasteiger partial charge in [-0.3, -0.25) is 14.9 Å². The minimum absolute atomic E-state index is 0.0534. The van der Waals surface area contributed by atoms with Crippen molar-refractivity contribution >= 4 is 17.8 Å². The minimum atomic E-state index is -0.905. The molecule has 3 heterocycles. The van der Waals surface area contributed by atoms with Crippen molar-refractivity contribution < 1.29 is 14.4 Å². The van der Waals surface area contributed by atoms with E-state index in [1.54, 1.807) is 4.90 Å². The summed E-state index contributed by atoms with van der Waals surface area (Å²) in [6.45, 7) is 1.67. The second-order valence-electron chi connectivity index (χ2n) is 5.86. The maximum absolute atomic E-state index is 12.5. The van der Waals surface area contributed by atoms with Gasteiger partial charge in [0, 0.05) is 6.54 Å². The monoisotopic (exact) mass is 280 g/mol. The number of amides is 4. The van der Waals surface area contributed by atoms with Gasteiger partial charge in [-0.25, -0.2) is 4.79 Å².